The van der Waals surface area contributed by atoms with E-state index in [0.29, 0.717) is 5.56 Å². The van der Waals surface area contributed by atoms with E-state index in [2.05, 4.69) is 0 Å². The maximum atomic E-state index is 11.7. The van der Waals surface area contributed by atoms with Crippen molar-refractivity contribution in [3.8, 4) is 5.75 Å². The minimum Gasteiger partial charge on any atom is -0.496 e. The largest absolute Gasteiger partial charge is 0.496 e. The van der Waals surface area contributed by atoms with Crippen LogP contribution in [0.15, 0.2) is 15.3 Å². The highest BCUT2D eigenvalue weighted by molar-refractivity contribution is 5.66. The molecule has 0 bridgehead atoms. The van der Waals surface area contributed by atoms with Gasteiger partial charge in [-0.05, 0) is 13.0 Å². The van der Waals surface area contributed by atoms with Crippen molar-refractivity contribution in [3.05, 3.63) is 33.4 Å². The molecule has 0 spiro atoms. The highest BCUT2D eigenvalue weighted by Crippen LogP contribution is 2.26. The van der Waals surface area contributed by atoms with Crippen LogP contribution in [-0.2, 0) is 22.7 Å². The van der Waals surface area contributed by atoms with Crippen LogP contribution in [0, 0.1) is 0 Å². The lowest BCUT2D eigenvalue weighted by Gasteiger charge is -2.13. The second-order valence-corrected chi connectivity index (χ2v) is 3.68. The summed E-state index contributed by atoms with van der Waals surface area (Å²) in [5.41, 5.74) is -0.281. The SMILES string of the molecule is CC=Cc1oc(=O)c(CO)c(OC)c1COC(C)=O. The highest BCUT2D eigenvalue weighted by Gasteiger charge is 2.19. The van der Waals surface area contributed by atoms with Crippen molar-refractivity contribution in [2.45, 2.75) is 27.1 Å². The number of allylic oxidation sites excluding steroid dienone is 1. The van der Waals surface area contributed by atoms with Crippen molar-refractivity contribution >= 4 is 12.0 Å². The van der Waals surface area contributed by atoms with Crippen molar-refractivity contribution in [3.63, 3.8) is 0 Å². The number of hydrogen-bond donors (Lipinski definition) is 1. The third-order valence-electron chi connectivity index (χ3n) is 2.39. The van der Waals surface area contributed by atoms with Crippen molar-refractivity contribution < 1.29 is 23.8 Å². The Bertz CT molecular complexity index is 541. The van der Waals surface area contributed by atoms with Gasteiger partial charge in [0.15, 0.2) is 0 Å². The average Bonchev–Trinajstić information content (AvgIpc) is 2.36. The summed E-state index contributed by atoms with van der Waals surface area (Å²) in [6.45, 7) is 2.40. The van der Waals surface area contributed by atoms with Crippen LogP contribution in [0.4, 0.5) is 0 Å². The Labute approximate surface area is 110 Å². The fourth-order valence-corrected chi connectivity index (χ4v) is 1.59. The number of ether oxygens (including phenoxy) is 2. The molecule has 0 unspecified atom stereocenters. The summed E-state index contributed by atoms with van der Waals surface area (Å²) in [6, 6.07) is 0. The quantitative estimate of drug-likeness (QED) is 0.808. The third kappa shape index (κ3) is 3.45. The van der Waals surface area contributed by atoms with Gasteiger partial charge in [0.1, 0.15) is 23.7 Å². The Morgan fingerprint density at radius 1 is 1.42 bits per heavy atom. The van der Waals surface area contributed by atoms with Crippen LogP contribution in [-0.4, -0.2) is 18.2 Å². The van der Waals surface area contributed by atoms with Crippen LogP contribution in [0.25, 0.3) is 6.08 Å². The Balaban J connectivity index is 3.43. The van der Waals surface area contributed by atoms with Gasteiger partial charge in [0.05, 0.1) is 19.3 Å². The highest BCUT2D eigenvalue weighted by atomic mass is 16.5. The standard InChI is InChI=1S/C13H16O6/c1-4-5-11-10(7-18-8(2)15)12(17-3)9(6-14)13(16)19-11/h4-5,14H,6-7H2,1-3H3. The number of esters is 1. The molecule has 6 heteroatoms. The molecular formula is C13H16O6. The fraction of sp³-hybridized carbons (Fsp3) is 0.385. The number of carbonyl (C=O) groups is 1. The van der Waals surface area contributed by atoms with Crippen LogP contribution < -0.4 is 10.4 Å². The average molecular weight is 268 g/mol. The number of methoxy groups -OCH3 is 1. The fourth-order valence-electron chi connectivity index (χ4n) is 1.59. The minimum absolute atomic E-state index is 0.00194. The monoisotopic (exact) mass is 268 g/mol. The lowest BCUT2D eigenvalue weighted by atomic mass is 10.1. The van der Waals surface area contributed by atoms with Gasteiger partial charge < -0.3 is 19.0 Å². The molecule has 1 N–H and O–H groups in total. The maximum absolute atomic E-state index is 11.7. The summed E-state index contributed by atoms with van der Waals surface area (Å²) in [6.07, 6.45) is 3.23. The minimum atomic E-state index is -0.681. The van der Waals surface area contributed by atoms with E-state index in [9.17, 15) is 14.7 Å². The molecule has 104 valence electrons. The van der Waals surface area contributed by atoms with Gasteiger partial charge in [0.25, 0.3) is 0 Å². The van der Waals surface area contributed by atoms with Crippen molar-refractivity contribution in [2.24, 2.45) is 0 Å². The molecular weight excluding hydrogens is 252 g/mol. The second kappa shape index (κ2) is 6.75. The van der Waals surface area contributed by atoms with Gasteiger partial charge in [-0.3, -0.25) is 4.79 Å². The zero-order chi connectivity index (χ0) is 14.4. The molecule has 0 amide bonds. The zero-order valence-electron chi connectivity index (χ0n) is 11.1. The number of aliphatic hydroxyl groups is 1. The molecule has 0 aliphatic heterocycles. The third-order valence-corrected chi connectivity index (χ3v) is 2.39. The Morgan fingerprint density at radius 2 is 2.11 bits per heavy atom. The number of hydrogen-bond acceptors (Lipinski definition) is 6. The van der Waals surface area contributed by atoms with E-state index in [0.717, 1.165) is 0 Å². The molecule has 0 aromatic carbocycles. The lowest BCUT2D eigenvalue weighted by Crippen LogP contribution is -2.14. The molecule has 1 rings (SSSR count). The second-order valence-electron chi connectivity index (χ2n) is 3.68. The molecule has 1 heterocycles. The van der Waals surface area contributed by atoms with Crippen LogP contribution >= 0.6 is 0 Å². The van der Waals surface area contributed by atoms with E-state index in [1.807, 2.05) is 0 Å². The zero-order valence-corrected chi connectivity index (χ0v) is 11.1. The van der Waals surface area contributed by atoms with Gasteiger partial charge >= 0.3 is 11.6 Å². The van der Waals surface area contributed by atoms with E-state index >= 15 is 0 Å². The van der Waals surface area contributed by atoms with E-state index < -0.39 is 18.2 Å². The normalized spacial score (nSPS) is 10.7. The lowest BCUT2D eigenvalue weighted by molar-refractivity contribution is -0.142. The number of carbonyl (C=O) groups excluding carboxylic acids is 1. The predicted molar refractivity (Wildman–Crippen MR) is 67.6 cm³/mol. The molecule has 6 nitrogen and oxygen atoms in total. The predicted octanol–water partition coefficient (Wildman–Crippen LogP) is 1.24. The summed E-state index contributed by atoms with van der Waals surface area (Å²) in [4.78, 5) is 22.6. The van der Waals surface area contributed by atoms with Gasteiger partial charge in [-0.1, -0.05) is 6.08 Å². The van der Waals surface area contributed by atoms with Gasteiger partial charge in [0, 0.05) is 6.92 Å². The molecule has 0 atom stereocenters. The van der Waals surface area contributed by atoms with Crippen molar-refractivity contribution in [1.82, 2.24) is 0 Å². The first-order valence-electron chi connectivity index (χ1n) is 5.64. The molecule has 1 aromatic rings. The van der Waals surface area contributed by atoms with Crippen LogP contribution in [0.1, 0.15) is 30.7 Å². The molecule has 0 radical (unpaired) electrons. The van der Waals surface area contributed by atoms with Crippen LogP contribution in [0.2, 0.25) is 0 Å². The van der Waals surface area contributed by atoms with Crippen molar-refractivity contribution in [2.75, 3.05) is 7.11 Å². The van der Waals surface area contributed by atoms with E-state index in [-0.39, 0.29) is 23.7 Å². The molecule has 0 saturated heterocycles. The number of rotatable bonds is 5. The summed E-state index contributed by atoms with van der Waals surface area (Å²) in [5, 5.41) is 9.19. The van der Waals surface area contributed by atoms with Gasteiger partial charge in [-0.15, -0.1) is 0 Å². The van der Waals surface area contributed by atoms with Crippen molar-refractivity contribution in [1.29, 1.82) is 0 Å². The van der Waals surface area contributed by atoms with E-state index in [1.54, 1.807) is 19.1 Å². The summed E-state index contributed by atoms with van der Waals surface area (Å²) >= 11 is 0. The molecule has 1 aromatic heterocycles. The van der Waals surface area contributed by atoms with Crippen LogP contribution in [0.5, 0.6) is 5.75 Å². The Morgan fingerprint density at radius 3 is 2.58 bits per heavy atom. The maximum Gasteiger partial charge on any atom is 0.345 e. The van der Waals surface area contributed by atoms with E-state index in [1.165, 1.54) is 14.0 Å². The summed E-state index contributed by atoms with van der Waals surface area (Å²) in [7, 11) is 1.37. The van der Waals surface area contributed by atoms with Gasteiger partial charge in [-0.2, -0.15) is 0 Å². The topological polar surface area (TPSA) is 86.0 Å². The molecule has 0 aliphatic carbocycles. The Kier molecular flexibility index (Phi) is 5.32. The molecule has 0 aliphatic rings. The molecule has 0 saturated carbocycles. The first-order chi connectivity index (χ1) is 9.04. The molecule has 0 fully saturated rings. The molecule has 19 heavy (non-hydrogen) atoms. The van der Waals surface area contributed by atoms with E-state index in [4.69, 9.17) is 13.9 Å². The van der Waals surface area contributed by atoms with Gasteiger partial charge in [-0.25, -0.2) is 4.79 Å². The first-order valence-corrected chi connectivity index (χ1v) is 5.64. The first kappa shape index (κ1) is 15.0. The van der Waals surface area contributed by atoms with Crippen LogP contribution in [0.3, 0.4) is 0 Å². The Hall–Kier alpha value is -2.08. The smallest absolute Gasteiger partial charge is 0.345 e. The van der Waals surface area contributed by atoms with Gasteiger partial charge in [0.2, 0.25) is 0 Å². The summed E-state index contributed by atoms with van der Waals surface area (Å²) in [5.74, 6) is -0.0545. The number of aliphatic hydroxyl groups excluding tert-OH is 1. The summed E-state index contributed by atoms with van der Waals surface area (Å²) < 4.78 is 15.1.